The second kappa shape index (κ2) is 11.6. The van der Waals surface area contributed by atoms with Gasteiger partial charge in [0.2, 0.25) is 0 Å². The molecular weight excluding hydrogens is 420 g/mol. The first kappa shape index (κ1) is 23.8. The summed E-state index contributed by atoms with van der Waals surface area (Å²) >= 11 is 5.74. The number of hydrogen-bond acceptors (Lipinski definition) is 4. The van der Waals surface area contributed by atoms with E-state index in [4.69, 9.17) is 17.0 Å². The van der Waals surface area contributed by atoms with E-state index in [1.54, 1.807) is 7.11 Å². The number of para-hydroxylation sites is 1. The van der Waals surface area contributed by atoms with Crippen molar-refractivity contribution >= 4 is 33.9 Å². The van der Waals surface area contributed by atoms with E-state index in [1.807, 2.05) is 54.6 Å². The van der Waals surface area contributed by atoms with Gasteiger partial charge in [-0.1, -0.05) is 32.0 Å². The van der Waals surface area contributed by atoms with Crippen LogP contribution in [0, 0.1) is 0 Å². The molecule has 170 valence electrons. The molecule has 0 unspecified atom stereocenters. The van der Waals surface area contributed by atoms with Crippen molar-refractivity contribution < 1.29 is 4.74 Å². The molecular formula is C25H32N4O2S. The van der Waals surface area contributed by atoms with Gasteiger partial charge in [0.25, 0.3) is 5.56 Å². The van der Waals surface area contributed by atoms with Gasteiger partial charge < -0.3 is 24.8 Å². The number of methoxy groups -OCH3 is 1. The molecule has 1 heterocycles. The third-order valence-corrected chi connectivity index (χ3v) is 5.96. The first-order valence-electron chi connectivity index (χ1n) is 11.1. The molecule has 0 spiro atoms. The number of pyridine rings is 1. The lowest BCUT2D eigenvalue weighted by Gasteiger charge is -2.27. The molecule has 3 rings (SSSR count). The molecule has 0 amide bonds. The number of ether oxygens (including phenoxy) is 1. The normalized spacial score (nSPS) is 11.0. The van der Waals surface area contributed by atoms with Crippen LogP contribution < -0.4 is 15.6 Å². The maximum atomic E-state index is 12.8. The average Bonchev–Trinajstić information content (AvgIpc) is 2.81. The monoisotopic (exact) mass is 452 g/mol. The molecule has 0 aliphatic carbocycles. The highest BCUT2D eigenvalue weighted by Crippen LogP contribution is 2.19. The number of H-pyrrole nitrogens is 1. The Morgan fingerprint density at radius 3 is 2.50 bits per heavy atom. The van der Waals surface area contributed by atoms with Crippen molar-refractivity contribution in [2.24, 2.45) is 0 Å². The Hall–Kier alpha value is -2.90. The van der Waals surface area contributed by atoms with Gasteiger partial charge in [-0.25, -0.2) is 0 Å². The van der Waals surface area contributed by atoms with Gasteiger partial charge in [-0.3, -0.25) is 4.79 Å². The standard InChI is InChI=1S/C25H32N4O2S/c1-4-28(5-2)14-9-15-29(25(32)26-21-10-7-6-8-11-21)18-20-16-19-17-22(31-3)12-13-23(19)27-24(20)30/h6-8,10-13,16-17H,4-5,9,14-15,18H2,1-3H3,(H,26,32)(H,27,30). The third-order valence-electron chi connectivity index (χ3n) is 5.60. The summed E-state index contributed by atoms with van der Waals surface area (Å²) in [6.07, 6.45) is 0.956. The fourth-order valence-corrected chi connectivity index (χ4v) is 3.96. The molecule has 0 saturated carbocycles. The van der Waals surface area contributed by atoms with Crippen molar-refractivity contribution in [2.75, 3.05) is 38.6 Å². The minimum atomic E-state index is -0.0982. The Balaban J connectivity index is 1.82. The van der Waals surface area contributed by atoms with Crippen molar-refractivity contribution in [3.63, 3.8) is 0 Å². The van der Waals surface area contributed by atoms with Crippen LogP contribution in [-0.4, -0.2) is 53.2 Å². The molecule has 0 radical (unpaired) electrons. The summed E-state index contributed by atoms with van der Waals surface area (Å²) < 4.78 is 5.34. The van der Waals surface area contributed by atoms with Crippen LogP contribution in [0.15, 0.2) is 59.4 Å². The number of fused-ring (bicyclic) bond motifs is 1. The van der Waals surface area contributed by atoms with Gasteiger partial charge in [-0.05, 0) is 74.7 Å². The van der Waals surface area contributed by atoms with Crippen molar-refractivity contribution in [2.45, 2.75) is 26.8 Å². The number of anilines is 1. The van der Waals surface area contributed by atoms with Gasteiger partial charge in [-0.15, -0.1) is 0 Å². The molecule has 0 atom stereocenters. The average molecular weight is 453 g/mol. The number of aromatic amines is 1. The van der Waals surface area contributed by atoms with Gasteiger partial charge >= 0.3 is 0 Å². The second-order valence-corrected chi connectivity index (χ2v) is 8.06. The number of rotatable bonds is 10. The minimum Gasteiger partial charge on any atom is -0.497 e. The van der Waals surface area contributed by atoms with Crippen LogP contribution >= 0.6 is 12.2 Å². The zero-order valence-corrected chi connectivity index (χ0v) is 19.9. The lowest BCUT2D eigenvalue weighted by Crippen LogP contribution is -2.38. The molecule has 32 heavy (non-hydrogen) atoms. The summed E-state index contributed by atoms with van der Waals surface area (Å²) in [6, 6.07) is 17.4. The number of nitrogens with zero attached hydrogens (tertiary/aromatic N) is 2. The predicted octanol–water partition coefficient (Wildman–Crippen LogP) is 4.47. The highest BCUT2D eigenvalue weighted by atomic mass is 32.1. The Morgan fingerprint density at radius 1 is 1.06 bits per heavy atom. The van der Waals surface area contributed by atoms with Crippen molar-refractivity contribution in [3.8, 4) is 5.75 Å². The van der Waals surface area contributed by atoms with E-state index < -0.39 is 0 Å². The fraction of sp³-hybridized carbons (Fsp3) is 0.360. The summed E-state index contributed by atoms with van der Waals surface area (Å²) in [7, 11) is 1.64. The van der Waals surface area contributed by atoms with Crippen LogP contribution in [0.1, 0.15) is 25.8 Å². The van der Waals surface area contributed by atoms with E-state index in [9.17, 15) is 4.79 Å². The fourth-order valence-electron chi connectivity index (χ4n) is 3.68. The van der Waals surface area contributed by atoms with Crippen molar-refractivity contribution in [1.82, 2.24) is 14.8 Å². The van der Waals surface area contributed by atoms with E-state index in [1.165, 1.54) is 0 Å². The molecule has 3 aromatic rings. The summed E-state index contributed by atoms with van der Waals surface area (Å²) in [4.78, 5) is 20.2. The van der Waals surface area contributed by atoms with Crippen LogP contribution in [0.4, 0.5) is 5.69 Å². The van der Waals surface area contributed by atoms with Crippen LogP contribution in [0.5, 0.6) is 5.75 Å². The maximum Gasteiger partial charge on any atom is 0.253 e. The highest BCUT2D eigenvalue weighted by molar-refractivity contribution is 7.80. The van der Waals surface area contributed by atoms with Crippen molar-refractivity contribution in [3.05, 3.63) is 70.5 Å². The molecule has 0 aliphatic rings. The minimum absolute atomic E-state index is 0.0982. The number of aromatic nitrogens is 1. The Morgan fingerprint density at radius 2 is 1.81 bits per heavy atom. The summed E-state index contributed by atoms with van der Waals surface area (Å²) in [5.41, 5.74) is 2.30. The van der Waals surface area contributed by atoms with Gasteiger partial charge in [0.1, 0.15) is 5.75 Å². The van der Waals surface area contributed by atoms with Crippen LogP contribution in [0.2, 0.25) is 0 Å². The molecule has 0 saturated heterocycles. The van der Waals surface area contributed by atoms with E-state index in [2.05, 4.69) is 33.9 Å². The number of nitrogens with one attached hydrogen (secondary N) is 2. The largest absolute Gasteiger partial charge is 0.497 e. The smallest absolute Gasteiger partial charge is 0.253 e. The van der Waals surface area contributed by atoms with E-state index >= 15 is 0 Å². The van der Waals surface area contributed by atoms with E-state index in [0.29, 0.717) is 17.2 Å². The number of hydrogen-bond donors (Lipinski definition) is 2. The van der Waals surface area contributed by atoms with E-state index in [-0.39, 0.29) is 5.56 Å². The Bertz CT molecular complexity index is 1080. The number of benzene rings is 2. The van der Waals surface area contributed by atoms with Crippen molar-refractivity contribution in [1.29, 1.82) is 0 Å². The first-order valence-corrected chi connectivity index (χ1v) is 11.5. The van der Waals surface area contributed by atoms with Gasteiger partial charge in [0, 0.05) is 28.7 Å². The molecule has 0 bridgehead atoms. The maximum absolute atomic E-state index is 12.8. The molecule has 1 aromatic heterocycles. The van der Waals surface area contributed by atoms with Crippen LogP contribution in [0.25, 0.3) is 10.9 Å². The topological polar surface area (TPSA) is 60.6 Å². The first-order chi connectivity index (χ1) is 15.5. The zero-order valence-electron chi connectivity index (χ0n) is 19.1. The Labute approximate surface area is 195 Å². The SMILES string of the molecule is CCN(CC)CCCN(Cc1cc2cc(OC)ccc2[nH]c1=O)C(=S)Nc1ccccc1. The molecule has 6 nitrogen and oxygen atoms in total. The molecule has 0 fully saturated rings. The number of thiocarbonyl (C=S) groups is 1. The molecule has 0 aliphatic heterocycles. The van der Waals surface area contributed by atoms with Gasteiger partial charge in [0.05, 0.1) is 13.7 Å². The molecule has 2 N–H and O–H groups in total. The molecule has 7 heteroatoms. The lowest BCUT2D eigenvalue weighted by molar-refractivity contribution is 0.281. The summed E-state index contributed by atoms with van der Waals surface area (Å²) in [5, 5.41) is 4.86. The zero-order chi connectivity index (χ0) is 22.9. The van der Waals surface area contributed by atoms with Crippen LogP contribution in [0.3, 0.4) is 0 Å². The summed E-state index contributed by atoms with van der Waals surface area (Å²) in [6.45, 7) is 8.56. The van der Waals surface area contributed by atoms with Crippen LogP contribution in [-0.2, 0) is 6.54 Å². The quantitative estimate of drug-likeness (QED) is 0.443. The third kappa shape index (κ3) is 6.31. The van der Waals surface area contributed by atoms with Gasteiger partial charge in [-0.2, -0.15) is 0 Å². The second-order valence-electron chi connectivity index (χ2n) is 7.68. The lowest BCUT2D eigenvalue weighted by atomic mass is 10.1. The molecule has 2 aromatic carbocycles. The van der Waals surface area contributed by atoms with E-state index in [0.717, 1.165) is 54.9 Å². The summed E-state index contributed by atoms with van der Waals surface area (Å²) in [5.74, 6) is 0.757. The Kier molecular flexibility index (Phi) is 8.64. The predicted molar refractivity (Wildman–Crippen MR) is 137 cm³/mol. The van der Waals surface area contributed by atoms with Gasteiger partial charge in [0.15, 0.2) is 5.11 Å². The highest BCUT2D eigenvalue weighted by Gasteiger charge is 2.14.